The zero-order chi connectivity index (χ0) is 19.9. The van der Waals surface area contributed by atoms with Crippen LogP contribution in [0.3, 0.4) is 0 Å². The van der Waals surface area contributed by atoms with E-state index in [2.05, 4.69) is 10.3 Å². The van der Waals surface area contributed by atoms with Crippen LogP contribution in [-0.2, 0) is 25.7 Å². The lowest BCUT2D eigenvalue weighted by molar-refractivity contribution is -0.143. The summed E-state index contributed by atoms with van der Waals surface area (Å²) in [5.41, 5.74) is -0.414. The second kappa shape index (κ2) is 9.28. The van der Waals surface area contributed by atoms with Crippen LogP contribution in [0.1, 0.15) is 40.2 Å². The minimum atomic E-state index is -0.840. The minimum Gasteiger partial charge on any atom is -0.460 e. The third-order valence-corrected chi connectivity index (χ3v) is 3.15. The number of nitrogens with zero attached hydrogens (tertiary/aromatic N) is 2. The van der Waals surface area contributed by atoms with Gasteiger partial charge in [-0.2, -0.15) is 4.90 Å². The van der Waals surface area contributed by atoms with Gasteiger partial charge in [0.15, 0.2) is 5.82 Å². The monoisotopic (exact) mass is 365 g/mol. The zero-order valence-electron chi connectivity index (χ0n) is 16.2. The van der Waals surface area contributed by atoms with Crippen molar-refractivity contribution in [3.05, 3.63) is 23.9 Å². The van der Waals surface area contributed by atoms with Crippen LogP contribution < -0.4 is 10.2 Å². The minimum absolute atomic E-state index is 0.0512. The van der Waals surface area contributed by atoms with Gasteiger partial charge in [0, 0.05) is 17.2 Å². The summed E-state index contributed by atoms with van der Waals surface area (Å²) in [4.78, 5) is 42.1. The van der Waals surface area contributed by atoms with Crippen LogP contribution in [-0.4, -0.2) is 42.7 Å². The first kappa shape index (κ1) is 21.6. The van der Waals surface area contributed by atoms with Crippen LogP contribution in [0.4, 0.5) is 10.6 Å². The highest BCUT2D eigenvalue weighted by molar-refractivity contribution is 6.13. The van der Waals surface area contributed by atoms with Crippen LogP contribution in [0.5, 0.6) is 0 Å². The van der Waals surface area contributed by atoms with Crippen molar-refractivity contribution < 1.29 is 23.9 Å². The number of carbonyl (C=O) groups excluding carboxylic acids is 3. The summed E-state index contributed by atoms with van der Waals surface area (Å²) < 4.78 is 10.4. The van der Waals surface area contributed by atoms with Gasteiger partial charge in [-0.15, -0.1) is 0 Å². The third kappa shape index (κ3) is 6.11. The maximum Gasteiger partial charge on any atom is 0.422 e. The molecule has 1 N–H and O–H groups in total. The van der Waals surface area contributed by atoms with E-state index in [-0.39, 0.29) is 19.0 Å². The molecule has 0 spiro atoms. The van der Waals surface area contributed by atoms with Gasteiger partial charge in [-0.3, -0.25) is 9.59 Å². The van der Waals surface area contributed by atoms with Crippen LogP contribution in [0.15, 0.2) is 18.3 Å². The number of aromatic nitrogens is 1. The summed E-state index contributed by atoms with van der Waals surface area (Å²) in [7, 11) is 1.63. The maximum absolute atomic E-state index is 12.8. The molecule has 0 aliphatic heterocycles. The van der Waals surface area contributed by atoms with E-state index in [9.17, 15) is 14.4 Å². The molecule has 0 unspecified atom stereocenters. The summed E-state index contributed by atoms with van der Waals surface area (Å²) in [5, 5.41) is 2.69. The van der Waals surface area contributed by atoms with E-state index in [1.165, 1.54) is 6.20 Å². The van der Waals surface area contributed by atoms with Crippen LogP contribution in [0, 0.1) is 5.41 Å². The molecule has 2 amide bonds. The van der Waals surface area contributed by atoms with E-state index < -0.39 is 29.5 Å². The van der Waals surface area contributed by atoms with E-state index in [0.717, 1.165) is 4.90 Å². The van der Waals surface area contributed by atoms with Gasteiger partial charge in [0.2, 0.25) is 5.91 Å². The van der Waals surface area contributed by atoms with Crippen molar-refractivity contribution in [3.63, 3.8) is 0 Å². The average molecular weight is 365 g/mol. The molecular formula is C18H27N3O5. The first-order valence-corrected chi connectivity index (χ1v) is 8.37. The van der Waals surface area contributed by atoms with Crippen molar-refractivity contribution >= 4 is 23.8 Å². The predicted octanol–water partition coefficient (Wildman–Crippen LogP) is 2.27. The van der Waals surface area contributed by atoms with Crippen LogP contribution in [0.25, 0.3) is 0 Å². The van der Waals surface area contributed by atoms with Crippen molar-refractivity contribution in [2.24, 2.45) is 5.41 Å². The summed E-state index contributed by atoms with van der Waals surface area (Å²) in [6.07, 6.45) is 0.236. The molecule has 8 heteroatoms. The van der Waals surface area contributed by atoms with Gasteiger partial charge < -0.3 is 14.8 Å². The average Bonchev–Trinajstić information content (AvgIpc) is 2.52. The van der Waals surface area contributed by atoms with Crippen molar-refractivity contribution in [2.75, 3.05) is 18.5 Å². The highest BCUT2D eigenvalue weighted by Crippen LogP contribution is 2.26. The van der Waals surface area contributed by atoms with Crippen molar-refractivity contribution in [2.45, 2.75) is 47.3 Å². The number of anilines is 1. The largest absolute Gasteiger partial charge is 0.460 e. The number of ether oxygens (including phenoxy) is 2. The smallest absolute Gasteiger partial charge is 0.422 e. The van der Waals surface area contributed by atoms with Gasteiger partial charge in [-0.05, 0) is 27.0 Å². The molecule has 26 heavy (non-hydrogen) atoms. The van der Waals surface area contributed by atoms with Gasteiger partial charge >= 0.3 is 12.1 Å². The Morgan fingerprint density at radius 3 is 2.46 bits per heavy atom. The molecule has 0 atom stereocenters. The highest BCUT2D eigenvalue weighted by Gasteiger charge is 2.36. The summed E-state index contributed by atoms with van der Waals surface area (Å²) in [6.45, 7) is 8.40. The number of nitrogens with one attached hydrogen (secondary N) is 1. The number of hydrogen-bond donors (Lipinski definition) is 1. The summed E-state index contributed by atoms with van der Waals surface area (Å²) in [5.74, 6) is -0.833. The molecule has 0 aliphatic rings. The summed E-state index contributed by atoms with van der Waals surface area (Å²) >= 11 is 0. The standard InChI is InChI=1S/C18H27N3O5/c1-12(2)26-17(24)21(16(23)18(3,4)5)15-13(8-7-9-20-15)11-25-14(22)10-19-6/h7-9,12,19H,10-11H2,1-6H3. The number of likely N-dealkylation sites (N-methyl/N-ethyl adjacent to an activating group) is 1. The number of rotatable bonds is 6. The van der Waals surface area contributed by atoms with Crippen molar-refractivity contribution in [1.82, 2.24) is 10.3 Å². The molecule has 0 fully saturated rings. The molecule has 1 heterocycles. The fourth-order valence-electron chi connectivity index (χ4n) is 1.95. The molecular weight excluding hydrogens is 338 g/mol. The Hall–Kier alpha value is -2.48. The second-order valence-corrected chi connectivity index (χ2v) is 7.00. The number of esters is 1. The lowest BCUT2D eigenvalue weighted by Crippen LogP contribution is -2.45. The molecule has 1 aromatic rings. The Labute approximate surface area is 153 Å². The fraction of sp³-hybridized carbons (Fsp3) is 0.556. The molecule has 1 rings (SSSR count). The van der Waals surface area contributed by atoms with Crippen molar-refractivity contribution in [1.29, 1.82) is 0 Å². The van der Waals surface area contributed by atoms with Gasteiger partial charge in [0.25, 0.3) is 0 Å². The van der Waals surface area contributed by atoms with E-state index in [1.54, 1.807) is 53.8 Å². The SMILES string of the molecule is CNCC(=O)OCc1cccnc1N(C(=O)OC(C)C)C(=O)C(C)(C)C. The van der Waals surface area contributed by atoms with Crippen molar-refractivity contribution in [3.8, 4) is 0 Å². The normalized spacial score (nSPS) is 11.2. The number of hydrogen-bond acceptors (Lipinski definition) is 7. The topological polar surface area (TPSA) is 97.8 Å². The molecule has 0 saturated heterocycles. The van der Waals surface area contributed by atoms with Crippen LogP contribution >= 0.6 is 0 Å². The van der Waals surface area contributed by atoms with Gasteiger partial charge in [0.05, 0.1) is 12.6 Å². The highest BCUT2D eigenvalue weighted by atomic mass is 16.6. The molecule has 0 aliphatic carbocycles. The number of amides is 2. The molecule has 144 valence electrons. The Bertz CT molecular complexity index is 652. The van der Waals surface area contributed by atoms with E-state index in [0.29, 0.717) is 5.56 Å². The first-order valence-electron chi connectivity index (χ1n) is 8.37. The molecule has 1 aromatic heterocycles. The van der Waals surface area contributed by atoms with Gasteiger partial charge in [-0.25, -0.2) is 9.78 Å². The Balaban J connectivity index is 3.23. The number of pyridine rings is 1. The fourth-order valence-corrected chi connectivity index (χ4v) is 1.95. The Morgan fingerprint density at radius 2 is 1.92 bits per heavy atom. The summed E-state index contributed by atoms with van der Waals surface area (Å²) in [6, 6.07) is 3.28. The third-order valence-electron chi connectivity index (χ3n) is 3.15. The Kier molecular flexibility index (Phi) is 7.70. The maximum atomic E-state index is 12.8. The number of imide groups is 1. The molecule has 0 aromatic carbocycles. The van der Waals surface area contributed by atoms with Gasteiger partial charge in [0.1, 0.15) is 6.61 Å². The molecule has 0 saturated carbocycles. The molecule has 0 radical (unpaired) electrons. The lowest BCUT2D eigenvalue weighted by atomic mass is 9.94. The molecule has 0 bridgehead atoms. The molecule has 8 nitrogen and oxygen atoms in total. The lowest BCUT2D eigenvalue weighted by Gasteiger charge is -2.28. The first-order chi connectivity index (χ1) is 12.1. The van der Waals surface area contributed by atoms with E-state index in [1.807, 2.05) is 0 Å². The second-order valence-electron chi connectivity index (χ2n) is 7.00. The number of carbonyl (C=O) groups is 3. The van der Waals surface area contributed by atoms with E-state index in [4.69, 9.17) is 9.47 Å². The predicted molar refractivity (Wildman–Crippen MR) is 96.5 cm³/mol. The van der Waals surface area contributed by atoms with Gasteiger partial charge in [-0.1, -0.05) is 26.8 Å². The Morgan fingerprint density at radius 1 is 1.27 bits per heavy atom. The van der Waals surface area contributed by atoms with Crippen LogP contribution in [0.2, 0.25) is 0 Å². The zero-order valence-corrected chi connectivity index (χ0v) is 16.2. The van der Waals surface area contributed by atoms with E-state index >= 15 is 0 Å². The quantitative estimate of drug-likeness (QED) is 0.772.